The molecule has 2 heterocycles. The highest BCUT2D eigenvalue weighted by molar-refractivity contribution is 6.13. The molecule has 0 unspecified atom stereocenters. The van der Waals surface area contributed by atoms with E-state index in [4.69, 9.17) is 9.97 Å². The molecular weight excluding hydrogens is 691 g/mol. The smallest absolute Gasteiger partial charge is 0.235 e. The summed E-state index contributed by atoms with van der Waals surface area (Å²) in [4.78, 5) is 11.3. The van der Waals surface area contributed by atoms with E-state index < -0.39 is 5.41 Å². The molecule has 0 saturated carbocycles. The molecule has 0 aliphatic heterocycles. The number of rotatable bonds is 2. The molecule has 3 nitrogen and oxygen atoms in total. The molecule has 0 N–H and O–H groups in total. The Morgan fingerprint density at radius 2 is 0.965 bits per heavy atom. The quantitative estimate of drug-likeness (QED) is 0.178. The van der Waals surface area contributed by atoms with Crippen molar-refractivity contribution in [2.24, 2.45) is 0 Å². The molecule has 3 heteroatoms. The molecule has 8 aromatic carbocycles. The van der Waals surface area contributed by atoms with Crippen LogP contribution in [-0.4, -0.2) is 14.5 Å². The molecule has 1 spiro atoms. The number of benzene rings is 8. The van der Waals surface area contributed by atoms with Crippen LogP contribution >= 0.6 is 0 Å². The van der Waals surface area contributed by atoms with Crippen molar-refractivity contribution in [2.45, 2.75) is 24.7 Å². The average molecular weight is 726 g/mol. The average Bonchev–Trinajstić information content (AvgIpc) is 3.92. The van der Waals surface area contributed by atoms with Gasteiger partial charge in [-0.2, -0.15) is 0 Å². The summed E-state index contributed by atoms with van der Waals surface area (Å²) in [6.07, 6.45) is 0. The number of hydrogen-bond donors (Lipinski definition) is 0. The van der Waals surface area contributed by atoms with E-state index in [1.165, 1.54) is 77.2 Å². The topological polar surface area (TPSA) is 30.7 Å². The largest absolute Gasteiger partial charge is 0.278 e. The van der Waals surface area contributed by atoms with Gasteiger partial charge in [-0.1, -0.05) is 166 Å². The lowest BCUT2D eigenvalue weighted by Gasteiger charge is -2.30. The maximum atomic E-state index is 5.73. The van der Waals surface area contributed by atoms with E-state index in [-0.39, 0.29) is 5.41 Å². The zero-order valence-corrected chi connectivity index (χ0v) is 31.6. The minimum absolute atomic E-state index is 0.332. The Bertz CT molecular complexity index is 3340. The van der Waals surface area contributed by atoms with Crippen LogP contribution in [-0.2, 0) is 10.8 Å². The van der Waals surface area contributed by atoms with Crippen molar-refractivity contribution in [3.63, 3.8) is 0 Å². The molecule has 10 aromatic rings. The monoisotopic (exact) mass is 725 g/mol. The summed E-state index contributed by atoms with van der Waals surface area (Å²) >= 11 is 0. The van der Waals surface area contributed by atoms with Gasteiger partial charge in [0.05, 0.1) is 27.8 Å². The fourth-order valence-electron chi connectivity index (χ4n) is 11.0. The third-order valence-electron chi connectivity index (χ3n) is 13.4. The molecular formula is C54H35N3. The molecule has 3 aliphatic carbocycles. The number of nitrogens with zero attached hydrogens (tertiary/aromatic N) is 3. The third-order valence-corrected chi connectivity index (χ3v) is 13.4. The normalized spacial score (nSPS) is 14.8. The Morgan fingerprint density at radius 1 is 0.421 bits per heavy atom. The minimum atomic E-state index is -0.445. The summed E-state index contributed by atoms with van der Waals surface area (Å²) in [5.74, 6) is 0.696. The summed E-state index contributed by atoms with van der Waals surface area (Å²) in [6, 6.07) is 65.0. The van der Waals surface area contributed by atoms with Crippen LogP contribution in [0, 0.1) is 0 Å². The first-order chi connectivity index (χ1) is 28.0. The first kappa shape index (κ1) is 31.1. The fraction of sp³-hybridized carbons (Fsp3) is 0.0741. The second kappa shape index (κ2) is 10.8. The summed E-state index contributed by atoms with van der Waals surface area (Å²) in [7, 11) is 0. The zero-order valence-electron chi connectivity index (χ0n) is 31.6. The van der Waals surface area contributed by atoms with E-state index in [1.807, 2.05) is 0 Å². The maximum absolute atomic E-state index is 5.73. The van der Waals surface area contributed by atoms with Crippen LogP contribution in [0.3, 0.4) is 0 Å². The van der Waals surface area contributed by atoms with Crippen molar-refractivity contribution >= 4 is 32.6 Å². The van der Waals surface area contributed by atoms with Gasteiger partial charge in [0.1, 0.15) is 0 Å². The van der Waals surface area contributed by atoms with Gasteiger partial charge in [0.25, 0.3) is 0 Å². The summed E-state index contributed by atoms with van der Waals surface area (Å²) in [5, 5.41) is 4.82. The van der Waals surface area contributed by atoms with Gasteiger partial charge in [0, 0.05) is 27.3 Å². The van der Waals surface area contributed by atoms with E-state index in [0.29, 0.717) is 5.95 Å². The molecule has 0 atom stereocenters. The Kier molecular flexibility index (Phi) is 5.90. The standard InChI is InChI=1S/C54H35N3/c1-53(2)42-22-10-8-21-40(42)49-50(55-52(56-51(49)53)57-47-26-14-9-20-39(47)41-29-32-15-3-4-16-33(32)31-48(41)57)34-27-28-38-37-19-7-13-25-45(37)54(46(38)30-34)43-23-11-5-17-35(43)36-18-6-12-24-44(36)54/h3-31H,1-2H3. The first-order valence-corrected chi connectivity index (χ1v) is 19.9. The molecule has 266 valence electrons. The predicted molar refractivity (Wildman–Crippen MR) is 233 cm³/mol. The Hall–Kier alpha value is -7.10. The van der Waals surface area contributed by atoms with Gasteiger partial charge in [0.2, 0.25) is 5.95 Å². The Labute approximate surface area is 330 Å². The highest BCUT2D eigenvalue weighted by Gasteiger charge is 2.51. The molecule has 0 radical (unpaired) electrons. The third kappa shape index (κ3) is 3.82. The second-order valence-electron chi connectivity index (χ2n) is 16.5. The molecule has 0 fully saturated rings. The van der Waals surface area contributed by atoms with Crippen LogP contribution in [0.1, 0.15) is 47.4 Å². The SMILES string of the molecule is CC1(C)c2ccccc2-c2c(-c3ccc4c(c3)C3(c5ccccc5-c5ccccc53)c3ccccc3-4)nc(-n3c4ccccc4c4cc5ccccc5cc43)nc21. The van der Waals surface area contributed by atoms with Gasteiger partial charge in [-0.05, 0) is 90.7 Å². The Morgan fingerprint density at radius 3 is 1.65 bits per heavy atom. The number of aromatic nitrogens is 3. The first-order valence-electron chi connectivity index (χ1n) is 19.9. The lowest BCUT2D eigenvalue weighted by atomic mass is 9.70. The van der Waals surface area contributed by atoms with Crippen LogP contribution < -0.4 is 0 Å². The zero-order chi connectivity index (χ0) is 37.6. The van der Waals surface area contributed by atoms with E-state index in [9.17, 15) is 0 Å². The van der Waals surface area contributed by atoms with E-state index >= 15 is 0 Å². The predicted octanol–water partition coefficient (Wildman–Crippen LogP) is 13.0. The second-order valence-corrected chi connectivity index (χ2v) is 16.5. The van der Waals surface area contributed by atoms with Crippen LogP contribution in [0.25, 0.3) is 83.2 Å². The highest BCUT2D eigenvalue weighted by atomic mass is 15.2. The highest BCUT2D eigenvalue weighted by Crippen LogP contribution is 2.63. The molecule has 0 amide bonds. The molecule has 0 saturated heterocycles. The van der Waals surface area contributed by atoms with Crippen molar-refractivity contribution in [2.75, 3.05) is 0 Å². The van der Waals surface area contributed by atoms with Crippen LogP contribution in [0.5, 0.6) is 0 Å². The lowest BCUT2D eigenvalue weighted by molar-refractivity contribution is 0.632. The number of para-hydroxylation sites is 1. The van der Waals surface area contributed by atoms with Gasteiger partial charge in [0.15, 0.2) is 0 Å². The van der Waals surface area contributed by atoms with Crippen molar-refractivity contribution in [3.05, 3.63) is 209 Å². The van der Waals surface area contributed by atoms with Crippen LogP contribution in [0.4, 0.5) is 0 Å². The van der Waals surface area contributed by atoms with Crippen molar-refractivity contribution in [3.8, 4) is 50.6 Å². The van der Waals surface area contributed by atoms with Crippen LogP contribution in [0.2, 0.25) is 0 Å². The molecule has 0 bridgehead atoms. The fourth-order valence-corrected chi connectivity index (χ4v) is 11.0. The van der Waals surface area contributed by atoms with Crippen molar-refractivity contribution in [1.29, 1.82) is 0 Å². The van der Waals surface area contributed by atoms with Gasteiger partial charge < -0.3 is 0 Å². The molecule has 2 aromatic heterocycles. The number of fused-ring (bicyclic) bond motifs is 17. The summed E-state index contributed by atoms with van der Waals surface area (Å²) in [6.45, 7) is 4.64. The van der Waals surface area contributed by atoms with Crippen molar-refractivity contribution in [1.82, 2.24) is 14.5 Å². The van der Waals surface area contributed by atoms with Gasteiger partial charge in [-0.15, -0.1) is 0 Å². The van der Waals surface area contributed by atoms with Gasteiger partial charge in [-0.3, -0.25) is 4.57 Å². The molecule has 3 aliphatic rings. The number of hydrogen-bond acceptors (Lipinski definition) is 2. The van der Waals surface area contributed by atoms with Crippen LogP contribution in [0.15, 0.2) is 176 Å². The van der Waals surface area contributed by atoms with E-state index in [1.54, 1.807) is 0 Å². The van der Waals surface area contributed by atoms with Gasteiger partial charge >= 0.3 is 0 Å². The maximum Gasteiger partial charge on any atom is 0.235 e. The Balaban J connectivity index is 1.14. The van der Waals surface area contributed by atoms with Crippen molar-refractivity contribution < 1.29 is 0 Å². The van der Waals surface area contributed by atoms with E-state index in [2.05, 4.69) is 194 Å². The molecule has 13 rings (SSSR count). The lowest BCUT2D eigenvalue weighted by Crippen LogP contribution is -2.25. The van der Waals surface area contributed by atoms with E-state index in [0.717, 1.165) is 33.5 Å². The summed E-state index contributed by atoms with van der Waals surface area (Å²) in [5.41, 5.74) is 18.7. The van der Waals surface area contributed by atoms with Gasteiger partial charge in [-0.25, -0.2) is 9.97 Å². The minimum Gasteiger partial charge on any atom is -0.278 e. The molecule has 57 heavy (non-hydrogen) atoms. The summed E-state index contributed by atoms with van der Waals surface area (Å²) < 4.78 is 2.30.